The predicted molar refractivity (Wildman–Crippen MR) is 75.7 cm³/mol. The van der Waals surface area contributed by atoms with E-state index in [0.29, 0.717) is 18.9 Å². The normalized spacial score (nSPS) is 26.2. The third kappa shape index (κ3) is 3.79. The van der Waals surface area contributed by atoms with Crippen molar-refractivity contribution in [2.75, 3.05) is 6.61 Å². The molecule has 110 valence electrons. The summed E-state index contributed by atoms with van der Waals surface area (Å²) in [4.78, 5) is 11.6. The van der Waals surface area contributed by atoms with Crippen molar-refractivity contribution in [1.82, 2.24) is 0 Å². The molecule has 0 bridgehead atoms. The van der Waals surface area contributed by atoms with Gasteiger partial charge >= 0.3 is 5.97 Å². The van der Waals surface area contributed by atoms with E-state index in [1.807, 2.05) is 6.92 Å². The summed E-state index contributed by atoms with van der Waals surface area (Å²) in [5, 5.41) is 0. The third-order valence-corrected chi connectivity index (χ3v) is 4.07. The Kier molecular flexibility index (Phi) is 5.12. The van der Waals surface area contributed by atoms with Gasteiger partial charge in [0.05, 0.1) is 6.61 Å². The summed E-state index contributed by atoms with van der Waals surface area (Å²) in [7, 11) is 0. The highest BCUT2D eigenvalue weighted by Crippen LogP contribution is 2.37. The molecule has 1 aliphatic rings. The number of nitrogens with two attached hydrogens (primary N) is 1. The summed E-state index contributed by atoms with van der Waals surface area (Å²) in [6.07, 6.45) is 3.17. The molecule has 0 aromatic heterocycles. The highest BCUT2D eigenvalue weighted by molar-refractivity contribution is 5.69. The lowest BCUT2D eigenvalue weighted by molar-refractivity contribution is -0.144. The second-order valence-electron chi connectivity index (χ2n) is 5.51. The van der Waals surface area contributed by atoms with Gasteiger partial charge in [-0.15, -0.1) is 0 Å². The van der Waals surface area contributed by atoms with Crippen molar-refractivity contribution in [2.24, 2.45) is 11.7 Å². The Labute approximate surface area is 119 Å². The van der Waals surface area contributed by atoms with E-state index in [1.54, 1.807) is 12.1 Å². The molecular weight excluding hydrogens is 257 g/mol. The summed E-state index contributed by atoms with van der Waals surface area (Å²) >= 11 is 0. The highest BCUT2D eigenvalue weighted by atomic mass is 19.1. The van der Waals surface area contributed by atoms with Crippen LogP contribution in [0.1, 0.15) is 44.1 Å². The number of hydrogen-bond donors (Lipinski definition) is 1. The van der Waals surface area contributed by atoms with Gasteiger partial charge in [0.2, 0.25) is 0 Å². The predicted octanol–water partition coefficient (Wildman–Crippen LogP) is 2.99. The Hall–Kier alpha value is -1.42. The monoisotopic (exact) mass is 279 g/mol. The van der Waals surface area contributed by atoms with Gasteiger partial charge in [0, 0.05) is 12.5 Å². The fourth-order valence-corrected chi connectivity index (χ4v) is 3.02. The quantitative estimate of drug-likeness (QED) is 0.862. The molecule has 1 saturated carbocycles. The summed E-state index contributed by atoms with van der Waals surface area (Å²) in [5.41, 5.74) is 7.25. The second kappa shape index (κ2) is 6.84. The first-order valence-electron chi connectivity index (χ1n) is 7.26. The van der Waals surface area contributed by atoms with Gasteiger partial charge in [-0.3, -0.25) is 4.79 Å². The zero-order valence-electron chi connectivity index (χ0n) is 11.8. The van der Waals surface area contributed by atoms with Crippen molar-refractivity contribution >= 4 is 5.97 Å². The van der Waals surface area contributed by atoms with Crippen LogP contribution in [-0.2, 0) is 9.53 Å². The lowest BCUT2D eigenvalue weighted by Crippen LogP contribution is -2.35. The van der Waals surface area contributed by atoms with E-state index in [4.69, 9.17) is 10.5 Å². The molecule has 0 amide bonds. The fraction of sp³-hybridized carbons (Fsp3) is 0.562. The number of benzene rings is 1. The highest BCUT2D eigenvalue weighted by Gasteiger charge is 2.30. The van der Waals surface area contributed by atoms with Gasteiger partial charge in [-0.25, -0.2) is 4.39 Å². The first-order valence-corrected chi connectivity index (χ1v) is 7.26. The molecule has 3 atom stereocenters. The molecular formula is C16H22FNO2. The van der Waals surface area contributed by atoms with Crippen LogP contribution in [0.5, 0.6) is 0 Å². The molecule has 2 rings (SSSR count). The number of rotatable bonds is 4. The van der Waals surface area contributed by atoms with Crippen molar-refractivity contribution in [3.8, 4) is 0 Å². The van der Waals surface area contributed by atoms with E-state index in [-0.39, 0.29) is 23.7 Å². The maximum Gasteiger partial charge on any atom is 0.306 e. The number of carbonyl (C=O) groups excluding carboxylic acids is 1. The van der Waals surface area contributed by atoms with Crippen LogP contribution in [0.2, 0.25) is 0 Å². The SMILES string of the molecule is CCOC(=O)CC1CC[C@H](N)[C@@H](c2ccc(F)cc2)C1. The van der Waals surface area contributed by atoms with E-state index in [0.717, 1.165) is 24.8 Å². The zero-order valence-corrected chi connectivity index (χ0v) is 11.8. The number of ether oxygens (including phenoxy) is 1. The lowest BCUT2D eigenvalue weighted by atomic mass is 9.74. The molecule has 4 heteroatoms. The standard InChI is InChI=1S/C16H22FNO2/c1-2-20-16(19)10-11-3-8-15(18)14(9-11)12-4-6-13(17)7-5-12/h4-7,11,14-15H,2-3,8-10,18H2,1H3/t11?,14-,15+/m1/s1. The molecule has 20 heavy (non-hydrogen) atoms. The van der Waals surface area contributed by atoms with Crippen molar-refractivity contribution < 1.29 is 13.9 Å². The van der Waals surface area contributed by atoms with E-state index in [2.05, 4.69) is 0 Å². The van der Waals surface area contributed by atoms with Crippen LogP contribution < -0.4 is 5.73 Å². The Morgan fingerprint density at radius 3 is 2.70 bits per heavy atom. The molecule has 0 aliphatic heterocycles. The van der Waals surface area contributed by atoms with Gasteiger partial charge in [-0.1, -0.05) is 12.1 Å². The van der Waals surface area contributed by atoms with Crippen LogP contribution in [-0.4, -0.2) is 18.6 Å². The van der Waals surface area contributed by atoms with Crippen molar-refractivity contribution in [3.05, 3.63) is 35.6 Å². The summed E-state index contributed by atoms with van der Waals surface area (Å²) < 4.78 is 18.0. The second-order valence-corrected chi connectivity index (χ2v) is 5.51. The molecule has 1 unspecified atom stereocenters. The van der Waals surface area contributed by atoms with Gasteiger partial charge < -0.3 is 10.5 Å². The Morgan fingerprint density at radius 2 is 2.05 bits per heavy atom. The minimum absolute atomic E-state index is 0.0823. The molecule has 3 nitrogen and oxygen atoms in total. The molecule has 1 aromatic carbocycles. The largest absolute Gasteiger partial charge is 0.466 e. The topological polar surface area (TPSA) is 52.3 Å². The zero-order chi connectivity index (χ0) is 14.5. The Balaban J connectivity index is 2.01. The van der Waals surface area contributed by atoms with Gasteiger partial charge in [0.25, 0.3) is 0 Å². The molecule has 0 saturated heterocycles. The fourth-order valence-electron chi connectivity index (χ4n) is 3.02. The number of halogens is 1. The van der Waals surface area contributed by atoms with Crippen LogP contribution in [0, 0.1) is 11.7 Å². The van der Waals surface area contributed by atoms with Crippen molar-refractivity contribution in [1.29, 1.82) is 0 Å². The van der Waals surface area contributed by atoms with E-state index in [9.17, 15) is 9.18 Å². The van der Waals surface area contributed by atoms with Gasteiger partial charge in [0.1, 0.15) is 5.82 Å². The van der Waals surface area contributed by atoms with Gasteiger partial charge in [-0.2, -0.15) is 0 Å². The van der Waals surface area contributed by atoms with Crippen LogP contribution in [0.3, 0.4) is 0 Å². The van der Waals surface area contributed by atoms with Crippen LogP contribution >= 0.6 is 0 Å². The Morgan fingerprint density at radius 1 is 1.35 bits per heavy atom. The molecule has 1 aliphatic carbocycles. The van der Waals surface area contributed by atoms with E-state index in [1.165, 1.54) is 12.1 Å². The maximum absolute atomic E-state index is 13.0. The van der Waals surface area contributed by atoms with Gasteiger partial charge in [-0.05, 0) is 55.7 Å². The van der Waals surface area contributed by atoms with Gasteiger partial charge in [0.15, 0.2) is 0 Å². The summed E-state index contributed by atoms with van der Waals surface area (Å²) in [5.74, 6) is 0.139. The van der Waals surface area contributed by atoms with Crippen LogP contribution in [0.4, 0.5) is 4.39 Å². The Bertz CT molecular complexity index is 446. The van der Waals surface area contributed by atoms with Crippen LogP contribution in [0.25, 0.3) is 0 Å². The molecule has 0 radical (unpaired) electrons. The minimum atomic E-state index is -0.235. The summed E-state index contributed by atoms with van der Waals surface area (Å²) in [6, 6.07) is 6.62. The molecule has 2 N–H and O–H groups in total. The molecule has 0 spiro atoms. The first kappa shape index (κ1) is 15.0. The van der Waals surface area contributed by atoms with Crippen LogP contribution in [0.15, 0.2) is 24.3 Å². The van der Waals surface area contributed by atoms with E-state index >= 15 is 0 Å². The summed E-state index contributed by atoms with van der Waals surface area (Å²) in [6.45, 7) is 2.24. The lowest BCUT2D eigenvalue weighted by Gasteiger charge is -2.34. The van der Waals surface area contributed by atoms with E-state index < -0.39 is 0 Å². The smallest absolute Gasteiger partial charge is 0.306 e. The molecule has 1 aromatic rings. The number of carbonyl (C=O) groups is 1. The molecule has 1 fully saturated rings. The average Bonchev–Trinajstić information content (AvgIpc) is 2.42. The first-order chi connectivity index (χ1) is 9.60. The van der Waals surface area contributed by atoms with Crippen molar-refractivity contribution in [2.45, 2.75) is 44.6 Å². The van der Waals surface area contributed by atoms with Crippen molar-refractivity contribution in [3.63, 3.8) is 0 Å². The third-order valence-electron chi connectivity index (χ3n) is 4.07. The number of esters is 1. The average molecular weight is 279 g/mol. The molecule has 0 heterocycles. The number of hydrogen-bond acceptors (Lipinski definition) is 3. The maximum atomic E-state index is 13.0. The minimum Gasteiger partial charge on any atom is -0.466 e.